The normalized spacial score (nSPS) is 11.3. The fraction of sp³-hybridized carbons (Fsp3) is 0.364. The molecule has 6 heteroatoms. The maximum absolute atomic E-state index is 12.9. The number of methoxy groups -OCH3 is 1. The summed E-state index contributed by atoms with van der Waals surface area (Å²) in [6.45, 7) is 1.97. The molecule has 0 aromatic heterocycles. The first-order valence-electron chi connectivity index (χ1n) is 4.93. The molecule has 1 aromatic carbocycles. The summed E-state index contributed by atoms with van der Waals surface area (Å²) in [4.78, 5) is 11.6. The Labute approximate surface area is 106 Å². The highest BCUT2D eigenvalue weighted by molar-refractivity contribution is 5.93. The summed E-state index contributed by atoms with van der Waals surface area (Å²) in [6, 6.07) is 3.92. The van der Waals surface area contributed by atoms with Crippen LogP contribution in [-0.4, -0.2) is 19.6 Å². The summed E-state index contributed by atoms with van der Waals surface area (Å²) < 4.78 is 17.8. The lowest BCUT2D eigenvalue weighted by Crippen LogP contribution is -2.26. The van der Waals surface area contributed by atoms with E-state index < -0.39 is 5.82 Å². The van der Waals surface area contributed by atoms with Crippen LogP contribution in [0, 0.1) is 11.7 Å². The van der Waals surface area contributed by atoms with Crippen LogP contribution in [0.15, 0.2) is 18.2 Å². The van der Waals surface area contributed by atoms with Crippen LogP contribution in [0.2, 0.25) is 0 Å². The molecule has 1 amide bonds. The number of nitrogens with one attached hydrogen (secondary N) is 1. The van der Waals surface area contributed by atoms with Crippen LogP contribution in [0.5, 0.6) is 5.75 Å². The molecule has 1 unspecified atom stereocenters. The third kappa shape index (κ3) is 4.20. The largest absolute Gasteiger partial charge is 0.494 e. The first-order chi connectivity index (χ1) is 7.58. The maximum Gasteiger partial charge on any atom is 0.228 e. The van der Waals surface area contributed by atoms with Gasteiger partial charge in [-0.05, 0) is 12.1 Å². The zero-order valence-electron chi connectivity index (χ0n) is 9.70. The number of amides is 1. The number of anilines is 1. The second-order valence-electron chi connectivity index (χ2n) is 3.47. The van der Waals surface area contributed by atoms with Crippen molar-refractivity contribution in [1.29, 1.82) is 0 Å². The molecule has 1 aromatic rings. The number of benzene rings is 1. The van der Waals surface area contributed by atoms with Crippen molar-refractivity contribution in [2.24, 2.45) is 11.7 Å². The van der Waals surface area contributed by atoms with E-state index >= 15 is 0 Å². The van der Waals surface area contributed by atoms with E-state index in [1.165, 1.54) is 25.3 Å². The molecule has 4 nitrogen and oxygen atoms in total. The Kier molecular flexibility index (Phi) is 6.53. The van der Waals surface area contributed by atoms with Crippen LogP contribution in [0.4, 0.5) is 10.1 Å². The van der Waals surface area contributed by atoms with Gasteiger partial charge in [0, 0.05) is 18.5 Å². The van der Waals surface area contributed by atoms with Gasteiger partial charge in [-0.3, -0.25) is 4.79 Å². The van der Waals surface area contributed by atoms with E-state index in [0.717, 1.165) is 0 Å². The fourth-order valence-corrected chi connectivity index (χ4v) is 1.13. The Morgan fingerprint density at radius 3 is 2.76 bits per heavy atom. The molecule has 96 valence electrons. The standard InChI is InChI=1S/C11H15FN2O2.ClH/c1-7(6-13)11(15)14-9-4-3-8(12)5-10(9)16-2;/h3-5,7H,6,13H2,1-2H3,(H,14,15);1H. The zero-order chi connectivity index (χ0) is 12.1. The zero-order valence-corrected chi connectivity index (χ0v) is 10.5. The minimum atomic E-state index is -0.415. The van der Waals surface area contributed by atoms with Crippen molar-refractivity contribution in [1.82, 2.24) is 0 Å². The molecule has 1 rings (SSSR count). The van der Waals surface area contributed by atoms with Crippen molar-refractivity contribution in [3.05, 3.63) is 24.0 Å². The van der Waals surface area contributed by atoms with E-state index in [9.17, 15) is 9.18 Å². The summed E-state index contributed by atoms with van der Waals surface area (Å²) in [5.74, 6) is -0.638. The Morgan fingerprint density at radius 2 is 2.24 bits per heavy atom. The van der Waals surface area contributed by atoms with E-state index in [0.29, 0.717) is 5.69 Å². The third-order valence-electron chi connectivity index (χ3n) is 2.22. The van der Waals surface area contributed by atoms with Crippen LogP contribution in [-0.2, 0) is 4.79 Å². The molecule has 1 atom stereocenters. The lowest BCUT2D eigenvalue weighted by Gasteiger charge is -2.12. The molecule has 0 aliphatic carbocycles. The topological polar surface area (TPSA) is 64.3 Å². The van der Waals surface area contributed by atoms with Crippen molar-refractivity contribution in [3.8, 4) is 5.75 Å². The average molecular weight is 263 g/mol. The number of rotatable bonds is 4. The van der Waals surface area contributed by atoms with Crippen molar-refractivity contribution >= 4 is 24.0 Å². The molecule has 3 N–H and O–H groups in total. The minimum Gasteiger partial charge on any atom is -0.494 e. The SMILES string of the molecule is COc1cc(F)ccc1NC(=O)C(C)CN.Cl. The summed E-state index contributed by atoms with van der Waals surface area (Å²) in [5.41, 5.74) is 5.81. The molecular weight excluding hydrogens is 247 g/mol. The van der Waals surface area contributed by atoms with Crippen LogP contribution < -0.4 is 15.8 Å². The number of carbonyl (C=O) groups excluding carboxylic acids is 1. The summed E-state index contributed by atoms with van der Waals surface area (Å²) in [7, 11) is 1.41. The average Bonchev–Trinajstić information content (AvgIpc) is 2.30. The second kappa shape index (κ2) is 7.09. The number of hydrogen-bond acceptors (Lipinski definition) is 3. The number of hydrogen-bond donors (Lipinski definition) is 2. The summed E-state index contributed by atoms with van der Waals surface area (Å²) in [5, 5.41) is 2.63. The van der Waals surface area contributed by atoms with Crippen molar-refractivity contribution in [3.63, 3.8) is 0 Å². The second-order valence-corrected chi connectivity index (χ2v) is 3.47. The predicted molar refractivity (Wildman–Crippen MR) is 67.0 cm³/mol. The van der Waals surface area contributed by atoms with Gasteiger partial charge >= 0.3 is 0 Å². The van der Waals surface area contributed by atoms with E-state index in [4.69, 9.17) is 10.5 Å². The van der Waals surface area contributed by atoms with Crippen molar-refractivity contribution in [2.45, 2.75) is 6.92 Å². The quantitative estimate of drug-likeness (QED) is 0.870. The fourth-order valence-electron chi connectivity index (χ4n) is 1.13. The van der Waals surface area contributed by atoms with E-state index in [1.807, 2.05) is 0 Å². The number of carbonyl (C=O) groups is 1. The summed E-state index contributed by atoms with van der Waals surface area (Å²) >= 11 is 0. The van der Waals surface area contributed by atoms with Gasteiger partial charge in [0.2, 0.25) is 5.91 Å². The van der Waals surface area contributed by atoms with Crippen LogP contribution in [0.1, 0.15) is 6.92 Å². The van der Waals surface area contributed by atoms with Gasteiger partial charge < -0.3 is 15.8 Å². The Balaban J connectivity index is 0.00000256. The van der Waals surface area contributed by atoms with Gasteiger partial charge in [-0.1, -0.05) is 6.92 Å². The third-order valence-corrected chi connectivity index (χ3v) is 2.22. The number of ether oxygens (including phenoxy) is 1. The number of nitrogens with two attached hydrogens (primary N) is 1. The van der Waals surface area contributed by atoms with E-state index in [1.54, 1.807) is 6.92 Å². The highest BCUT2D eigenvalue weighted by atomic mass is 35.5. The lowest BCUT2D eigenvalue weighted by atomic mass is 10.1. The first-order valence-corrected chi connectivity index (χ1v) is 4.93. The number of halogens is 2. The molecule has 0 radical (unpaired) electrons. The highest BCUT2D eigenvalue weighted by Crippen LogP contribution is 2.25. The molecule has 0 heterocycles. The van der Waals surface area contributed by atoms with Gasteiger partial charge in [0.1, 0.15) is 11.6 Å². The van der Waals surface area contributed by atoms with Gasteiger partial charge in [-0.2, -0.15) is 0 Å². The smallest absolute Gasteiger partial charge is 0.228 e. The van der Waals surface area contributed by atoms with Gasteiger partial charge in [0.25, 0.3) is 0 Å². The molecule has 0 aliphatic heterocycles. The monoisotopic (exact) mass is 262 g/mol. The van der Waals surface area contributed by atoms with Gasteiger partial charge in [0.05, 0.1) is 12.8 Å². The minimum absolute atomic E-state index is 0. The summed E-state index contributed by atoms with van der Waals surface area (Å²) in [6.07, 6.45) is 0. The van der Waals surface area contributed by atoms with E-state index in [-0.39, 0.29) is 36.5 Å². The van der Waals surface area contributed by atoms with Crippen LogP contribution >= 0.6 is 12.4 Å². The highest BCUT2D eigenvalue weighted by Gasteiger charge is 2.13. The maximum atomic E-state index is 12.9. The van der Waals surface area contributed by atoms with E-state index in [2.05, 4.69) is 5.32 Å². The molecule has 0 saturated heterocycles. The van der Waals surface area contributed by atoms with Crippen molar-refractivity contribution < 1.29 is 13.9 Å². The molecule has 0 bridgehead atoms. The Morgan fingerprint density at radius 1 is 1.59 bits per heavy atom. The van der Waals surface area contributed by atoms with Gasteiger partial charge in [0.15, 0.2) is 0 Å². The molecule has 0 fully saturated rings. The van der Waals surface area contributed by atoms with Crippen molar-refractivity contribution in [2.75, 3.05) is 19.0 Å². The van der Waals surface area contributed by atoms with Crippen LogP contribution in [0.25, 0.3) is 0 Å². The molecule has 0 saturated carbocycles. The molecule has 0 spiro atoms. The van der Waals surface area contributed by atoms with Gasteiger partial charge in [-0.25, -0.2) is 4.39 Å². The predicted octanol–water partition coefficient (Wildman–Crippen LogP) is 1.79. The Bertz CT molecular complexity index is 388. The molecule has 17 heavy (non-hydrogen) atoms. The lowest BCUT2D eigenvalue weighted by molar-refractivity contribution is -0.119. The molecule has 0 aliphatic rings. The Hall–Kier alpha value is -1.33. The first kappa shape index (κ1) is 15.7. The van der Waals surface area contributed by atoms with Gasteiger partial charge in [-0.15, -0.1) is 12.4 Å². The van der Waals surface area contributed by atoms with Crippen LogP contribution in [0.3, 0.4) is 0 Å². The molecular formula is C11H16ClFN2O2.